The third kappa shape index (κ3) is 4.40. The van der Waals surface area contributed by atoms with Crippen LogP contribution < -0.4 is 18.9 Å². The third-order valence-electron chi connectivity index (χ3n) is 6.28. The Hall–Kier alpha value is -3.68. The van der Waals surface area contributed by atoms with Crippen LogP contribution in [0.5, 0.6) is 23.0 Å². The summed E-state index contributed by atoms with van der Waals surface area (Å²) < 4.78 is 33.1. The highest BCUT2D eigenvalue weighted by molar-refractivity contribution is 6.22. The first-order valence-corrected chi connectivity index (χ1v) is 11.0. The van der Waals surface area contributed by atoms with Crippen LogP contribution >= 0.6 is 0 Å². The van der Waals surface area contributed by atoms with E-state index in [0.717, 1.165) is 0 Å². The van der Waals surface area contributed by atoms with Crippen LogP contribution in [0.4, 0.5) is 0 Å². The van der Waals surface area contributed by atoms with Crippen molar-refractivity contribution in [3.05, 3.63) is 53.8 Å². The van der Waals surface area contributed by atoms with Crippen molar-refractivity contribution in [2.75, 3.05) is 28.4 Å². The Morgan fingerprint density at radius 2 is 1.59 bits per heavy atom. The lowest BCUT2D eigenvalue weighted by Gasteiger charge is -2.37. The largest absolute Gasteiger partial charge is 0.496 e. The standard InChI is InChI=1S/C26H28O8/c1-29-20-8-6-5-7-17(20)19-14-33-21-13-16(9-10-18(21)24(19)27)34-26(28)15-11-22(30-2)25(32-4)23(12-15)31-3/h5-8,11-12,14,16,18,21H,9-10,13H2,1-4H3. The van der Waals surface area contributed by atoms with Gasteiger partial charge in [-0.1, -0.05) is 18.2 Å². The second-order valence-electron chi connectivity index (χ2n) is 8.13. The Balaban J connectivity index is 1.47. The molecule has 1 aliphatic heterocycles. The van der Waals surface area contributed by atoms with Gasteiger partial charge in [0, 0.05) is 12.0 Å². The minimum absolute atomic E-state index is 0.0233. The van der Waals surface area contributed by atoms with Crippen LogP contribution in [0.3, 0.4) is 0 Å². The zero-order valence-electron chi connectivity index (χ0n) is 19.7. The van der Waals surface area contributed by atoms with Gasteiger partial charge in [-0.05, 0) is 31.0 Å². The molecule has 1 saturated carbocycles. The third-order valence-corrected chi connectivity index (χ3v) is 6.28. The molecule has 1 heterocycles. The fourth-order valence-corrected chi connectivity index (χ4v) is 4.54. The molecule has 34 heavy (non-hydrogen) atoms. The second kappa shape index (κ2) is 10.1. The van der Waals surface area contributed by atoms with Gasteiger partial charge in [0.1, 0.15) is 18.0 Å². The van der Waals surface area contributed by atoms with Gasteiger partial charge in [0.05, 0.1) is 51.8 Å². The molecule has 1 aliphatic carbocycles. The van der Waals surface area contributed by atoms with Crippen LogP contribution in [0.2, 0.25) is 0 Å². The summed E-state index contributed by atoms with van der Waals surface area (Å²) in [5.74, 6) is 0.984. The second-order valence-corrected chi connectivity index (χ2v) is 8.13. The Bertz CT molecular complexity index is 1080. The lowest BCUT2D eigenvalue weighted by molar-refractivity contribution is -0.126. The molecule has 2 aliphatic rings. The first-order chi connectivity index (χ1) is 16.5. The van der Waals surface area contributed by atoms with E-state index in [1.807, 2.05) is 24.3 Å². The maximum atomic E-state index is 13.2. The van der Waals surface area contributed by atoms with Crippen molar-refractivity contribution in [2.45, 2.75) is 31.5 Å². The zero-order valence-corrected chi connectivity index (χ0v) is 19.7. The van der Waals surface area contributed by atoms with Crippen molar-refractivity contribution >= 4 is 17.3 Å². The molecule has 1 fully saturated rings. The normalized spacial score (nSPS) is 21.5. The predicted molar refractivity (Wildman–Crippen MR) is 123 cm³/mol. The molecule has 0 amide bonds. The number of Topliss-reactive ketones (excluding diaryl/α,β-unsaturated/α-hetero) is 1. The number of ketones is 1. The number of carbonyl (C=O) groups excluding carboxylic acids is 2. The smallest absolute Gasteiger partial charge is 0.338 e. The average Bonchev–Trinajstić information content (AvgIpc) is 2.87. The number of para-hydroxylation sites is 1. The molecular weight excluding hydrogens is 440 g/mol. The van der Waals surface area contributed by atoms with Gasteiger partial charge >= 0.3 is 5.97 Å². The van der Waals surface area contributed by atoms with Crippen molar-refractivity contribution in [1.29, 1.82) is 0 Å². The minimum Gasteiger partial charge on any atom is -0.496 e. The summed E-state index contributed by atoms with van der Waals surface area (Å²) in [7, 11) is 6.04. The molecule has 2 aromatic carbocycles. The Morgan fingerprint density at radius 3 is 2.24 bits per heavy atom. The van der Waals surface area contributed by atoms with E-state index >= 15 is 0 Å². The summed E-state index contributed by atoms with van der Waals surface area (Å²) in [6, 6.07) is 10.5. The highest BCUT2D eigenvalue weighted by Crippen LogP contribution is 2.41. The molecule has 3 unspecified atom stereocenters. The molecule has 2 aromatic rings. The van der Waals surface area contributed by atoms with Gasteiger partial charge < -0.3 is 28.4 Å². The number of fused-ring (bicyclic) bond motifs is 1. The topological polar surface area (TPSA) is 89.5 Å². The van der Waals surface area contributed by atoms with Crippen LogP contribution in [-0.4, -0.2) is 52.4 Å². The molecule has 8 heteroatoms. The van der Waals surface area contributed by atoms with Crippen molar-refractivity contribution in [3.63, 3.8) is 0 Å². The number of rotatable bonds is 7. The Morgan fingerprint density at radius 1 is 0.912 bits per heavy atom. The van der Waals surface area contributed by atoms with Crippen molar-refractivity contribution in [3.8, 4) is 23.0 Å². The predicted octanol–water partition coefficient (Wildman–Crippen LogP) is 4.06. The van der Waals surface area contributed by atoms with Crippen LogP contribution in [0, 0.1) is 5.92 Å². The molecule has 8 nitrogen and oxygen atoms in total. The molecule has 4 rings (SSSR count). The summed E-state index contributed by atoms with van der Waals surface area (Å²) in [6.45, 7) is 0. The van der Waals surface area contributed by atoms with Gasteiger partial charge in [-0.2, -0.15) is 0 Å². The number of methoxy groups -OCH3 is 4. The molecule has 180 valence electrons. The van der Waals surface area contributed by atoms with E-state index in [0.29, 0.717) is 53.4 Å². The Kier molecular flexibility index (Phi) is 6.95. The molecule has 3 atom stereocenters. The minimum atomic E-state index is -0.505. The fraction of sp³-hybridized carbons (Fsp3) is 0.385. The summed E-state index contributed by atoms with van der Waals surface area (Å²) in [6.07, 6.45) is 2.33. The van der Waals surface area contributed by atoms with E-state index in [4.69, 9.17) is 28.4 Å². The number of ether oxygens (including phenoxy) is 6. The van der Waals surface area contributed by atoms with Gasteiger partial charge in [0.25, 0.3) is 0 Å². The van der Waals surface area contributed by atoms with E-state index < -0.39 is 5.97 Å². The highest BCUT2D eigenvalue weighted by Gasteiger charge is 2.42. The number of hydrogen-bond donors (Lipinski definition) is 0. The SMILES string of the molecule is COc1ccccc1C1=COC2CC(OC(=O)c3cc(OC)c(OC)c(OC)c3)CCC2C1=O. The van der Waals surface area contributed by atoms with E-state index in [1.54, 1.807) is 19.2 Å². The number of allylic oxidation sites excluding steroid dienone is 1. The van der Waals surface area contributed by atoms with Crippen LogP contribution in [0.15, 0.2) is 42.7 Å². The monoisotopic (exact) mass is 468 g/mol. The number of carbonyl (C=O) groups is 2. The first-order valence-electron chi connectivity index (χ1n) is 11.0. The van der Waals surface area contributed by atoms with E-state index in [2.05, 4.69) is 0 Å². The molecule has 0 spiro atoms. The zero-order chi connectivity index (χ0) is 24.2. The maximum absolute atomic E-state index is 13.2. The van der Waals surface area contributed by atoms with Crippen molar-refractivity contribution < 1.29 is 38.0 Å². The summed E-state index contributed by atoms with van der Waals surface area (Å²) in [5, 5.41) is 0. The highest BCUT2D eigenvalue weighted by atomic mass is 16.6. The Labute approximate surface area is 198 Å². The van der Waals surface area contributed by atoms with E-state index in [-0.39, 0.29) is 29.5 Å². The molecule has 0 saturated heterocycles. The van der Waals surface area contributed by atoms with Gasteiger partial charge in [-0.15, -0.1) is 0 Å². The lowest BCUT2D eigenvalue weighted by Crippen LogP contribution is -2.42. The molecule has 0 radical (unpaired) electrons. The van der Waals surface area contributed by atoms with E-state index in [1.165, 1.54) is 27.6 Å². The van der Waals surface area contributed by atoms with Crippen molar-refractivity contribution in [1.82, 2.24) is 0 Å². The number of esters is 1. The maximum Gasteiger partial charge on any atom is 0.338 e. The van der Waals surface area contributed by atoms with Crippen LogP contribution in [-0.2, 0) is 14.3 Å². The molecular formula is C26H28O8. The molecule has 0 N–H and O–H groups in total. The average molecular weight is 469 g/mol. The summed E-state index contributed by atoms with van der Waals surface area (Å²) in [5.41, 5.74) is 1.51. The van der Waals surface area contributed by atoms with Gasteiger partial charge in [-0.25, -0.2) is 4.79 Å². The quantitative estimate of drug-likeness (QED) is 0.562. The van der Waals surface area contributed by atoms with Gasteiger partial charge in [0.15, 0.2) is 17.3 Å². The van der Waals surface area contributed by atoms with Crippen LogP contribution in [0.25, 0.3) is 5.57 Å². The van der Waals surface area contributed by atoms with Crippen LogP contribution in [0.1, 0.15) is 35.2 Å². The van der Waals surface area contributed by atoms with E-state index in [9.17, 15) is 9.59 Å². The number of benzene rings is 2. The number of hydrogen-bond acceptors (Lipinski definition) is 8. The first kappa shape index (κ1) is 23.5. The molecule has 0 bridgehead atoms. The molecule has 0 aromatic heterocycles. The summed E-state index contributed by atoms with van der Waals surface area (Å²) in [4.78, 5) is 26.1. The van der Waals surface area contributed by atoms with Gasteiger partial charge in [0.2, 0.25) is 5.75 Å². The summed E-state index contributed by atoms with van der Waals surface area (Å²) >= 11 is 0. The fourth-order valence-electron chi connectivity index (χ4n) is 4.54. The van der Waals surface area contributed by atoms with Crippen molar-refractivity contribution in [2.24, 2.45) is 5.92 Å². The van der Waals surface area contributed by atoms with Gasteiger partial charge in [-0.3, -0.25) is 4.79 Å². The lowest BCUT2D eigenvalue weighted by atomic mass is 9.77.